The fourth-order valence-corrected chi connectivity index (χ4v) is 4.16. The number of carbonyl (C=O) groups is 1. The van der Waals surface area contributed by atoms with E-state index in [1.807, 2.05) is 17.0 Å². The number of nitrogens with one attached hydrogen (secondary N) is 1. The van der Waals surface area contributed by atoms with Crippen molar-refractivity contribution in [1.82, 2.24) is 20.2 Å². The number of anilines is 1. The van der Waals surface area contributed by atoms with Gasteiger partial charge >= 0.3 is 0 Å². The number of amides is 1. The second-order valence-electron chi connectivity index (χ2n) is 7.39. The first-order chi connectivity index (χ1) is 13.2. The molecule has 5 rings (SSSR count). The molecule has 3 heterocycles. The van der Waals surface area contributed by atoms with Gasteiger partial charge in [0.2, 0.25) is 5.91 Å². The Hall–Kier alpha value is -3.02. The van der Waals surface area contributed by atoms with E-state index in [1.54, 1.807) is 6.20 Å². The lowest BCUT2D eigenvalue weighted by Crippen LogP contribution is -2.32. The molecule has 1 saturated carbocycles. The number of fused-ring (bicyclic) bond motifs is 1. The second kappa shape index (κ2) is 6.30. The van der Waals surface area contributed by atoms with Gasteiger partial charge in [-0.3, -0.25) is 14.8 Å². The number of H-pyrrole nitrogens is 1. The number of aromatic amines is 1. The van der Waals surface area contributed by atoms with E-state index in [1.165, 1.54) is 17.5 Å². The average Bonchev–Trinajstić information content (AvgIpc) is 3.23. The molecule has 0 radical (unpaired) electrons. The number of hydrogen-bond acceptors (Lipinski definition) is 4. The van der Waals surface area contributed by atoms with E-state index in [0.29, 0.717) is 17.8 Å². The molecule has 136 valence electrons. The molecule has 1 aromatic carbocycles. The molecule has 1 aliphatic heterocycles. The van der Waals surface area contributed by atoms with Crippen LogP contribution in [0.5, 0.6) is 0 Å². The smallest absolute Gasteiger partial charge is 0.232 e. The van der Waals surface area contributed by atoms with E-state index >= 15 is 0 Å². The van der Waals surface area contributed by atoms with Crippen LogP contribution >= 0.6 is 0 Å². The molecule has 3 unspecified atom stereocenters. The number of carbonyl (C=O) groups excluding carboxylic acids is 1. The van der Waals surface area contributed by atoms with Gasteiger partial charge < -0.3 is 0 Å². The Balaban J connectivity index is 1.35. The molecule has 1 aliphatic carbocycles. The van der Waals surface area contributed by atoms with Crippen molar-refractivity contribution in [1.29, 1.82) is 0 Å². The van der Waals surface area contributed by atoms with Crippen molar-refractivity contribution in [3.8, 4) is 11.4 Å². The molecule has 3 atom stereocenters. The summed E-state index contributed by atoms with van der Waals surface area (Å²) in [5, 5.41) is 7.39. The van der Waals surface area contributed by atoms with Gasteiger partial charge in [0.05, 0.1) is 11.4 Å². The highest BCUT2D eigenvalue weighted by atomic mass is 16.2. The minimum atomic E-state index is 0.0571. The molecule has 6 nitrogen and oxygen atoms in total. The largest absolute Gasteiger partial charge is 0.292 e. The predicted molar refractivity (Wildman–Crippen MR) is 102 cm³/mol. The van der Waals surface area contributed by atoms with Crippen LogP contribution in [-0.4, -0.2) is 32.1 Å². The number of nitrogens with zero attached hydrogens (tertiary/aromatic N) is 4. The molecule has 1 amide bonds. The Morgan fingerprint density at radius 2 is 2.00 bits per heavy atom. The first kappa shape index (κ1) is 16.2. The van der Waals surface area contributed by atoms with E-state index in [-0.39, 0.29) is 11.8 Å². The van der Waals surface area contributed by atoms with Crippen molar-refractivity contribution in [2.24, 2.45) is 11.8 Å². The van der Waals surface area contributed by atoms with Crippen LogP contribution in [0.2, 0.25) is 0 Å². The van der Waals surface area contributed by atoms with Crippen LogP contribution in [0.3, 0.4) is 0 Å². The normalized spacial score (nSPS) is 23.5. The molecule has 6 heteroatoms. The van der Waals surface area contributed by atoms with E-state index < -0.39 is 0 Å². The zero-order valence-corrected chi connectivity index (χ0v) is 15.2. The lowest BCUT2D eigenvalue weighted by atomic mass is 9.94. The van der Waals surface area contributed by atoms with Crippen LogP contribution in [0.25, 0.3) is 11.4 Å². The van der Waals surface area contributed by atoms with Crippen molar-refractivity contribution >= 4 is 11.7 Å². The number of piperidine rings is 1. The van der Waals surface area contributed by atoms with Gasteiger partial charge in [0.25, 0.3) is 0 Å². The van der Waals surface area contributed by atoms with Gasteiger partial charge in [0.1, 0.15) is 6.33 Å². The van der Waals surface area contributed by atoms with Crippen LogP contribution in [-0.2, 0) is 17.6 Å². The number of benzene rings is 1. The molecule has 0 bridgehead atoms. The standard InChI is InChI=1S/C21H21N5O/c1-2-13-3-5-14(6-4-13)9-16-15-10-19(15)26(21(16)27)20-11-18(24-25-20)17-7-8-22-12-23-17/h3-8,11-12,15-16,19H,2,9-10H2,1H3,(H,24,25). The highest BCUT2D eigenvalue weighted by Gasteiger charge is 2.59. The van der Waals surface area contributed by atoms with Crippen LogP contribution in [0.15, 0.2) is 48.9 Å². The fourth-order valence-electron chi connectivity index (χ4n) is 4.16. The third kappa shape index (κ3) is 2.81. The SMILES string of the molecule is CCc1ccc(CC2C(=O)N(c3cc(-c4ccncn4)[nH]n3)C3CC23)cc1. The van der Waals surface area contributed by atoms with Gasteiger partial charge in [0.15, 0.2) is 5.82 Å². The molecule has 1 N–H and O–H groups in total. The lowest BCUT2D eigenvalue weighted by molar-refractivity contribution is -0.121. The Morgan fingerprint density at radius 1 is 1.19 bits per heavy atom. The average molecular weight is 359 g/mol. The van der Waals surface area contributed by atoms with Gasteiger partial charge in [0, 0.05) is 24.2 Å². The summed E-state index contributed by atoms with van der Waals surface area (Å²) in [5.41, 5.74) is 4.14. The van der Waals surface area contributed by atoms with E-state index in [9.17, 15) is 4.79 Å². The summed E-state index contributed by atoms with van der Waals surface area (Å²) in [6.07, 6.45) is 6.12. The lowest BCUT2D eigenvalue weighted by Gasteiger charge is -2.18. The Bertz CT molecular complexity index is 966. The third-order valence-corrected chi connectivity index (χ3v) is 5.76. The highest BCUT2D eigenvalue weighted by Crippen LogP contribution is 2.51. The molecular formula is C21H21N5O. The summed E-state index contributed by atoms with van der Waals surface area (Å²) >= 11 is 0. The van der Waals surface area contributed by atoms with Crippen molar-refractivity contribution in [2.75, 3.05) is 4.90 Å². The Morgan fingerprint density at radius 3 is 2.74 bits per heavy atom. The molecule has 3 aromatic rings. The molecule has 1 saturated heterocycles. The van der Waals surface area contributed by atoms with Crippen molar-refractivity contribution in [3.63, 3.8) is 0 Å². The van der Waals surface area contributed by atoms with E-state index in [4.69, 9.17) is 0 Å². The third-order valence-electron chi connectivity index (χ3n) is 5.76. The molecule has 2 aliphatic rings. The zero-order valence-electron chi connectivity index (χ0n) is 15.2. The number of rotatable bonds is 5. The topological polar surface area (TPSA) is 74.8 Å². The molecule has 0 spiro atoms. The zero-order chi connectivity index (χ0) is 18.4. The van der Waals surface area contributed by atoms with Crippen molar-refractivity contribution in [2.45, 2.75) is 32.2 Å². The van der Waals surface area contributed by atoms with Gasteiger partial charge in [-0.25, -0.2) is 9.97 Å². The minimum Gasteiger partial charge on any atom is -0.292 e. The van der Waals surface area contributed by atoms with Crippen molar-refractivity contribution in [3.05, 3.63) is 60.0 Å². The van der Waals surface area contributed by atoms with E-state index in [2.05, 4.69) is 51.4 Å². The molecular weight excluding hydrogens is 338 g/mol. The van der Waals surface area contributed by atoms with Crippen molar-refractivity contribution < 1.29 is 4.79 Å². The van der Waals surface area contributed by atoms with Crippen LogP contribution in [0.1, 0.15) is 24.5 Å². The highest BCUT2D eigenvalue weighted by molar-refractivity contribution is 5.99. The van der Waals surface area contributed by atoms with Gasteiger partial charge in [-0.2, -0.15) is 5.10 Å². The number of aryl methyl sites for hydroxylation is 1. The summed E-state index contributed by atoms with van der Waals surface area (Å²) in [7, 11) is 0. The van der Waals surface area contributed by atoms with Gasteiger partial charge in [-0.05, 0) is 42.4 Å². The maximum Gasteiger partial charge on any atom is 0.232 e. The second-order valence-corrected chi connectivity index (χ2v) is 7.39. The maximum absolute atomic E-state index is 13.1. The van der Waals surface area contributed by atoms with Gasteiger partial charge in [-0.1, -0.05) is 31.2 Å². The first-order valence-corrected chi connectivity index (χ1v) is 9.47. The van der Waals surface area contributed by atoms with E-state index in [0.717, 1.165) is 30.7 Å². The van der Waals surface area contributed by atoms with Gasteiger partial charge in [-0.15, -0.1) is 0 Å². The summed E-state index contributed by atoms with van der Waals surface area (Å²) in [6, 6.07) is 12.7. The number of aromatic nitrogens is 4. The monoisotopic (exact) mass is 359 g/mol. The van der Waals surface area contributed by atoms with Crippen LogP contribution in [0, 0.1) is 11.8 Å². The number of hydrogen-bond donors (Lipinski definition) is 1. The minimum absolute atomic E-state index is 0.0571. The summed E-state index contributed by atoms with van der Waals surface area (Å²) in [4.78, 5) is 23.1. The predicted octanol–water partition coefficient (Wildman–Crippen LogP) is 3.02. The Labute approximate surface area is 157 Å². The van der Waals surface area contributed by atoms with Crippen LogP contribution < -0.4 is 4.90 Å². The molecule has 2 aromatic heterocycles. The maximum atomic E-state index is 13.1. The van der Waals surface area contributed by atoms with Crippen LogP contribution in [0.4, 0.5) is 5.82 Å². The first-order valence-electron chi connectivity index (χ1n) is 9.47. The molecule has 27 heavy (non-hydrogen) atoms. The quantitative estimate of drug-likeness (QED) is 0.760. The summed E-state index contributed by atoms with van der Waals surface area (Å²) < 4.78 is 0. The Kier molecular flexibility index (Phi) is 3.77. The molecule has 2 fully saturated rings. The summed E-state index contributed by atoms with van der Waals surface area (Å²) in [6.45, 7) is 2.15. The fraction of sp³-hybridized carbons (Fsp3) is 0.333. The summed E-state index contributed by atoms with van der Waals surface area (Å²) in [5.74, 6) is 1.39.